The van der Waals surface area contributed by atoms with Gasteiger partial charge >= 0.3 is 0 Å². The minimum Gasteiger partial charge on any atom is -0.337 e. The summed E-state index contributed by atoms with van der Waals surface area (Å²) in [4.78, 5) is 23.1. The van der Waals surface area contributed by atoms with Crippen molar-refractivity contribution in [1.82, 2.24) is 15.0 Å². The zero-order valence-corrected chi connectivity index (χ0v) is 15.5. The fourth-order valence-electron chi connectivity index (χ4n) is 3.05. The minimum atomic E-state index is 0.775. The number of H-pyrrole nitrogens is 1. The van der Waals surface area contributed by atoms with Gasteiger partial charge in [-0.05, 0) is 30.7 Å². The van der Waals surface area contributed by atoms with Crippen LogP contribution in [0, 0.1) is 6.92 Å². The molecule has 2 aromatic carbocycles. The maximum Gasteiger partial charge on any atom is 0.142 e. The number of nitrogens with zero attached hydrogens (tertiary/aromatic N) is 2. The molecule has 0 aliphatic heterocycles. The molecule has 0 unspecified atom stereocenters. The second kappa shape index (κ2) is 7.84. The molecule has 0 saturated carbocycles. The highest BCUT2D eigenvalue weighted by molar-refractivity contribution is 5.82. The van der Waals surface area contributed by atoms with Gasteiger partial charge in [-0.25, -0.2) is 4.98 Å². The van der Waals surface area contributed by atoms with Crippen molar-refractivity contribution in [1.29, 1.82) is 0 Å². The lowest BCUT2D eigenvalue weighted by Gasteiger charge is -2.04. The Morgan fingerprint density at radius 2 is 1.64 bits per heavy atom. The molecule has 4 heteroatoms. The van der Waals surface area contributed by atoms with Gasteiger partial charge in [0, 0.05) is 29.1 Å². The first-order valence-electron chi connectivity index (χ1n) is 9.04. The highest BCUT2D eigenvalue weighted by Gasteiger charge is 2.15. The Bertz CT molecular complexity index is 1110. The predicted octanol–water partition coefficient (Wildman–Crippen LogP) is 5.33. The molecule has 136 valence electrons. The molecule has 0 saturated heterocycles. The van der Waals surface area contributed by atoms with Gasteiger partial charge in [0.05, 0.1) is 11.4 Å². The standard InChI is InChI=1S/C24H19N3O/c1-17-6-10-19(11-7-17)22-23(20-12-8-18(9-13-20)4-3-15-28)27-24(26-22)21-5-2-14-25-16-21/h2-16H,1H3,(H,26,27)/b4-3+. The summed E-state index contributed by atoms with van der Waals surface area (Å²) in [5.74, 6) is 0.781. The maximum absolute atomic E-state index is 10.5. The topological polar surface area (TPSA) is 58.6 Å². The SMILES string of the molecule is Cc1ccc(-c2[nH]c(-c3cccnc3)nc2-c2ccc(/C=C/C=O)cc2)cc1. The monoisotopic (exact) mass is 365 g/mol. The minimum absolute atomic E-state index is 0.775. The molecular formula is C24H19N3O. The number of carbonyl (C=O) groups excluding carboxylic acids is 1. The summed E-state index contributed by atoms with van der Waals surface area (Å²) in [6, 6.07) is 20.3. The van der Waals surface area contributed by atoms with E-state index in [0.29, 0.717) is 0 Å². The number of carbonyl (C=O) groups is 1. The van der Waals surface area contributed by atoms with Crippen molar-refractivity contribution in [2.24, 2.45) is 0 Å². The maximum atomic E-state index is 10.5. The Labute approximate surface area is 163 Å². The van der Waals surface area contributed by atoms with Crippen LogP contribution >= 0.6 is 0 Å². The number of rotatable bonds is 5. The van der Waals surface area contributed by atoms with E-state index < -0.39 is 0 Å². The Hall–Kier alpha value is -3.79. The van der Waals surface area contributed by atoms with Crippen LogP contribution in [0.1, 0.15) is 11.1 Å². The van der Waals surface area contributed by atoms with Crippen molar-refractivity contribution in [2.75, 3.05) is 0 Å². The van der Waals surface area contributed by atoms with Gasteiger partial charge in [0.1, 0.15) is 12.1 Å². The van der Waals surface area contributed by atoms with Crippen molar-refractivity contribution in [2.45, 2.75) is 6.92 Å². The number of aryl methyl sites for hydroxylation is 1. The Kier molecular flexibility index (Phi) is 4.93. The molecule has 4 aromatic rings. The summed E-state index contributed by atoms with van der Waals surface area (Å²) in [6.07, 6.45) is 7.59. The zero-order valence-electron chi connectivity index (χ0n) is 15.5. The van der Waals surface area contributed by atoms with Crippen LogP contribution < -0.4 is 0 Å². The quantitative estimate of drug-likeness (QED) is 0.384. The van der Waals surface area contributed by atoms with Crippen molar-refractivity contribution < 1.29 is 4.79 Å². The molecule has 0 amide bonds. The molecule has 4 rings (SSSR count). The van der Waals surface area contributed by atoms with Gasteiger partial charge in [-0.3, -0.25) is 9.78 Å². The van der Waals surface area contributed by atoms with Gasteiger partial charge in [-0.1, -0.05) is 60.2 Å². The van der Waals surface area contributed by atoms with Gasteiger partial charge in [0.15, 0.2) is 0 Å². The molecule has 4 nitrogen and oxygen atoms in total. The smallest absolute Gasteiger partial charge is 0.142 e. The van der Waals surface area contributed by atoms with Gasteiger partial charge in [0.2, 0.25) is 0 Å². The molecule has 0 fully saturated rings. The molecule has 0 aliphatic carbocycles. The van der Waals surface area contributed by atoms with Crippen LogP contribution in [0.3, 0.4) is 0 Å². The van der Waals surface area contributed by atoms with Crippen LogP contribution in [0.2, 0.25) is 0 Å². The third kappa shape index (κ3) is 3.67. The average Bonchev–Trinajstić information content (AvgIpc) is 3.19. The molecule has 0 aliphatic rings. The summed E-state index contributed by atoms with van der Waals surface area (Å²) < 4.78 is 0. The summed E-state index contributed by atoms with van der Waals surface area (Å²) in [7, 11) is 0. The Morgan fingerprint density at radius 3 is 2.32 bits per heavy atom. The normalized spacial score (nSPS) is 11.0. The number of imidazole rings is 1. The largest absolute Gasteiger partial charge is 0.337 e. The second-order valence-corrected chi connectivity index (χ2v) is 6.53. The third-order valence-corrected chi connectivity index (χ3v) is 4.53. The first-order valence-corrected chi connectivity index (χ1v) is 9.04. The number of aldehydes is 1. The molecule has 2 aromatic heterocycles. The highest BCUT2D eigenvalue weighted by atomic mass is 16.1. The number of hydrogen-bond acceptors (Lipinski definition) is 3. The Morgan fingerprint density at radius 1 is 0.893 bits per heavy atom. The van der Waals surface area contributed by atoms with Crippen LogP contribution in [-0.2, 0) is 4.79 Å². The van der Waals surface area contributed by atoms with Crippen LogP contribution in [-0.4, -0.2) is 21.2 Å². The van der Waals surface area contributed by atoms with E-state index in [4.69, 9.17) is 4.98 Å². The fourth-order valence-corrected chi connectivity index (χ4v) is 3.05. The van der Waals surface area contributed by atoms with E-state index in [0.717, 1.165) is 45.8 Å². The van der Waals surface area contributed by atoms with E-state index in [9.17, 15) is 4.79 Å². The number of pyridine rings is 1. The summed E-state index contributed by atoms with van der Waals surface area (Å²) in [6.45, 7) is 2.07. The lowest BCUT2D eigenvalue weighted by molar-refractivity contribution is -0.104. The molecule has 1 N–H and O–H groups in total. The molecular weight excluding hydrogens is 346 g/mol. The average molecular weight is 365 g/mol. The van der Waals surface area contributed by atoms with E-state index in [1.165, 1.54) is 11.6 Å². The zero-order chi connectivity index (χ0) is 19.3. The number of aromatic amines is 1. The number of nitrogens with one attached hydrogen (secondary N) is 1. The summed E-state index contributed by atoms with van der Waals surface area (Å²) in [5, 5.41) is 0. The number of allylic oxidation sites excluding steroid dienone is 1. The number of hydrogen-bond donors (Lipinski definition) is 1. The Balaban J connectivity index is 1.82. The molecule has 0 radical (unpaired) electrons. The van der Waals surface area contributed by atoms with Crippen molar-refractivity contribution in [3.63, 3.8) is 0 Å². The lowest BCUT2D eigenvalue weighted by Crippen LogP contribution is -1.85. The number of aromatic nitrogens is 3. The van der Waals surface area contributed by atoms with Gasteiger partial charge < -0.3 is 4.98 Å². The third-order valence-electron chi connectivity index (χ3n) is 4.53. The molecule has 0 bridgehead atoms. The molecule has 2 heterocycles. The molecule has 28 heavy (non-hydrogen) atoms. The lowest BCUT2D eigenvalue weighted by atomic mass is 10.0. The van der Waals surface area contributed by atoms with Gasteiger partial charge in [0.25, 0.3) is 0 Å². The van der Waals surface area contributed by atoms with Gasteiger partial charge in [-0.2, -0.15) is 0 Å². The summed E-state index contributed by atoms with van der Waals surface area (Å²) in [5.41, 5.74) is 7.05. The molecule has 0 atom stereocenters. The van der Waals surface area contributed by atoms with E-state index in [-0.39, 0.29) is 0 Å². The predicted molar refractivity (Wildman–Crippen MR) is 113 cm³/mol. The number of benzene rings is 2. The first-order chi connectivity index (χ1) is 13.7. The molecule has 0 spiro atoms. The van der Waals surface area contributed by atoms with Crippen molar-refractivity contribution in [3.05, 3.63) is 90.3 Å². The van der Waals surface area contributed by atoms with Crippen LogP contribution in [0.25, 0.3) is 40.0 Å². The van der Waals surface area contributed by atoms with E-state index in [1.54, 1.807) is 18.5 Å². The van der Waals surface area contributed by atoms with Crippen molar-refractivity contribution in [3.8, 4) is 33.9 Å². The fraction of sp³-hybridized carbons (Fsp3) is 0.0417. The van der Waals surface area contributed by atoms with Crippen LogP contribution in [0.15, 0.2) is 79.1 Å². The van der Waals surface area contributed by atoms with E-state index in [2.05, 4.69) is 41.2 Å². The summed E-state index contributed by atoms with van der Waals surface area (Å²) >= 11 is 0. The highest BCUT2D eigenvalue weighted by Crippen LogP contribution is 2.33. The van der Waals surface area contributed by atoms with Gasteiger partial charge in [-0.15, -0.1) is 0 Å². The van der Waals surface area contributed by atoms with Crippen LogP contribution in [0.4, 0.5) is 0 Å². The second-order valence-electron chi connectivity index (χ2n) is 6.53. The van der Waals surface area contributed by atoms with E-state index in [1.807, 2.05) is 36.4 Å². The van der Waals surface area contributed by atoms with E-state index >= 15 is 0 Å². The van der Waals surface area contributed by atoms with Crippen LogP contribution in [0.5, 0.6) is 0 Å². The first kappa shape index (κ1) is 17.6. The van der Waals surface area contributed by atoms with Crippen molar-refractivity contribution >= 4 is 12.4 Å².